The summed E-state index contributed by atoms with van der Waals surface area (Å²) in [6.45, 7) is 7.80. The molecule has 0 spiro atoms. The molecule has 2 rings (SSSR count). The molecule has 0 heterocycles. The number of rotatable bonds is 5. The number of fused-ring (bicyclic) bond motifs is 1. The molecule has 0 amide bonds. The van der Waals surface area contributed by atoms with Crippen molar-refractivity contribution in [3.8, 4) is 0 Å². The molecule has 122 valence electrons. The van der Waals surface area contributed by atoms with Crippen LogP contribution in [0, 0.1) is 0 Å². The second-order valence-electron chi connectivity index (χ2n) is 6.83. The molecule has 1 aliphatic rings. The van der Waals surface area contributed by atoms with Crippen LogP contribution in [0.5, 0.6) is 0 Å². The first-order chi connectivity index (χ1) is 9.89. The fraction of sp³-hybridized carbons (Fsp3) is 0.429. The van der Waals surface area contributed by atoms with Gasteiger partial charge in [-0.05, 0) is 0 Å². The Balaban J connectivity index is 2.56. The Morgan fingerprint density at radius 1 is 1.14 bits per heavy atom. The van der Waals surface area contributed by atoms with E-state index >= 15 is 0 Å². The Bertz CT molecular complexity index is 681. The van der Waals surface area contributed by atoms with Crippen LogP contribution in [-0.2, 0) is 24.3 Å². The molecule has 1 aliphatic carbocycles. The van der Waals surface area contributed by atoms with Crippen molar-refractivity contribution in [1.82, 2.24) is 0 Å². The molecule has 2 unspecified atom stereocenters. The van der Waals surface area contributed by atoms with Crippen LogP contribution in [0.3, 0.4) is 0 Å². The minimum atomic E-state index is -5.36. The summed E-state index contributed by atoms with van der Waals surface area (Å²) in [5.41, 5.74) is 1.90. The number of benzene rings is 1. The minimum absolute atomic E-state index is 0.524. The first-order valence-electron chi connectivity index (χ1n) is 7.21. The SMILES string of the molecule is CO[Si](C)(O[Si](C)(C)C)[Ti](=[O])([Cl])([Cl])[CH]1C=Cc2ccccc21. The molecule has 1 aromatic rings. The monoisotopic (exact) mass is 412 g/mol. The predicted octanol–water partition coefficient (Wildman–Crippen LogP) is 5.16. The van der Waals surface area contributed by atoms with Gasteiger partial charge in [-0.1, -0.05) is 0 Å². The summed E-state index contributed by atoms with van der Waals surface area (Å²) in [7, 11) is 12.9. The molecule has 2 atom stereocenters. The second kappa shape index (κ2) is 5.74. The molecule has 0 aromatic heterocycles. The fourth-order valence-electron chi connectivity index (χ4n) is 2.84. The Hall–Kier alpha value is 0.408. The van der Waals surface area contributed by atoms with E-state index < -0.39 is 31.4 Å². The Morgan fingerprint density at radius 2 is 1.73 bits per heavy atom. The summed E-state index contributed by atoms with van der Waals surface area (Å²) in [4.78, 5) is 0. The number of hydrogen-bond acceptors (Lipinski definition) is 3. The van der Waals surface area contributed by atoms with Crippen LogP contribution < -0.4 is 0 Å². The van der Waals surface area contributed by atoms with E-state index in [0.29, 0.717) is 0 Å². The molecule has 0 saturated carbocycles. The van der Waals surface area contributed by atoms with Crippen molar-refractivity contribution < 1.29 is 24.3 Å². The molecule has 0 bridgehead atoms. The first kappa shape index (κ1) is 18.7. The molecule has 0 aliphatic heterocycles. The molecule has 8 heteroatoms. The van der Waals surface area contributed by atoms with Gasteiger partial charge in [0.05, 0.1) is 0 Å². The molecule has 0 N–H and O–H groups in total. The summed E-state index contributed by atoms with van der Waals surface area (Å²) >= 11 is -5.36. The third-order valence-corrected chi connectivity index (χ3v) is 34.3. The van der Waals surface area contributed by atoms with Crippen LogP contribution in [0.4, 0.5) is 0 Å². The molecule has 1 aromatic carbocycles. The number of hydrogen-bond donors (Lipinski definition) is 0. The van der Waals surface area contributed by atoms with Crippen molar-refractivity contribution in [3.63, 3.8) is 0 Å². The van der Waals surface area contributed by atoms with Gasteiger partial charge in [0.1, 0.15) is 0 Å². The Morgan fingerprint density at radius 3 is 2.27 bits per heavy atom. The predicted molar refractivity (Wildman–Crippen MR) is 93.7 cm³/mol. The average molecular weight is 413 g/mol. The van der Waals surface area contributed by atoms with E-state index in [2.05, 4.69) is 0 Å². The summed E-state index contributed by atoms with van der Waals surface area (Å²) in [5.74, 6) is 0. The van der Waals surface area contributed by atoms with Crippen LogP contribution >= 0.6 is 18.6 Å². The van der Waals surface area contributed by atoms with Gasteiger partial charge in [0.25, 0.3) is 0 Å². The quantitative estimate of drug-likeness (QED) is 0.626. The summed E-state index contributed by atoms with van der Waals surface area (Å²) < 4.78 is 25.2. The molecular formula is C14H22Cl2O3Si2Ti. The third-order valence-electron chi connectivity index (χ3n) is 4.00. The molecular weight excluding hydrogens is 391 g/mol. The zero-order valence-corrected chi connectivity index (χ0v) is 18.6. The molecule has 0 saturated heterocycles. The fourth-order valence-corrected chi connectivity index (χ4v) is 29.8. The van der Waals surface area contributed by atoms with Gasteiger partial charge in [-0.25, -0.2) is 0 Å². The van der Waals surface area contributed by atoms with Crippen molar-refractivity contribution in [1.29, 1.82) is 0 Å². The van der Waals surface area contributed by atoms with E-state index in [1.54, 1.807) is 6.55 Å². The van der Waals surface area contributed by atoms with E-state index in [-0.39, 0.29) is 0 Å². The normalized spacial score (nSPS) is 21.5. The summed E-state index contributed by atoms with van der Waals surface area (Å²) in [6.07, 6.45) is 0.494. The van der Waals surface area contributed by atoms with Gasteiger partial charge in [0.2, 0.25) is 0 Å². The van der Waals surface area contributed by atoms with Crippen molar-refractivity contribution in [2.45, 2.75) is 30.4 Å². The van der Waals surface area contributed by atoms with E-state index in [0.717, 1.165) is 11.1 Å². The first-order valence-corrected chi connectivity index (χ1v) is 21.1. The van der Waals surface area contributed by atoms with Gasteiger partial charge in [-0.2, -0.15) is 0 Å². The average Bonchev–Trinajstić information content (AvgIpc) is 2.80. The van der Waals surface area contributed by atoms with Gasteiger partial charge in [0, 0.05) is 0 Å². The van der Waals surface area contributed by atoms with Gasteiger partial charge >= 0.3 is 143 Å². The summed E-state index contributed by atoms with van der Waals surface area (Å²) in [6, 6.07) is 7.73. The number of halogens is 2. The maximum atomic E-state index is 13.9. The molecule has 22 heavy (non-hydrogen) atoms. The van der Waals surface area contributed by atoms with E-state index in [1.165, 1.54) is 7.11 Å². The van der Waals surface area contributed by atoms with E-state index in [4.69, 9.17) is 27.2 Å². The zero-order chi connectivity index (χ0) is 16.8. The molecule has 0 fully saturated rings. The Kier molecular flexibility index (Phi) is 4.89. The van der Waals surface area contributed by atoms with Crippen molar-refractivity contribution in [3.05, 3.63) is 41.5 Å². The molecule has 3 nitrogen and oxygen atoms in total. The van der Waals surface area contributed by atoms with Crippen LogP contribution in [0.2, 0.25) is 26.2 Å². The topological polar surface area (TPSA) is 35.5 Å². The standard InChI is InChI=1S/C9H7.C5H15O2Si2.2ClH.O.Ti/c1-2-5-9-7-3-6-8(9)4-1;1-6-8(2)7-9(3,4)5;;;;/h1-7H;1-5H3;2*1H;;/q;;;;;+2/p-2. The van der Waals surface area contributed by atoms with Gasteiger partial charge < -0.3 is 0 Å². The zero-order valence-electron chi connectivity index (χ0n) is 13.5. The van der Waals surface area contributed by atoms with Crippen LogP contribution in [0.1, 0.15) is 15.3 Å². The van der Waals surface area contributed by atoms with Crippen molar-refractivity contribution >= 4 is 39.4 Å². The van der Waals surface area contributed by atoms with Crippen LogP contribution in [0.15, 0.2) is 30.3 Å². The second-order valence-corrected chi connectivity index (χ2v) is 36.2. The van der Waals surface area contributed by atoms with E-state index in [1.807, 2.05) is 56.1 Å². The van der Waals surface area contributed by atoms with Crippen molar-refractivity contribution in [2.24, 2.45) is 0 Å². The van der Waals surface area contributed by atoms with Gasteiger partial charge in [0.15, 0.2) is 0 Å². The van der Waals surface area contributed by atoms with Crippen LogP contribution in [-0.4, -0.2) is 21.9 Å². The summed E-state index contributed by atoms with van der Waals surface area (Å²) in [5, 5.41) is 0. The van der Waals surface area contributed by atoms with Crippen LogP contribution in [0.25, 0.3) is 6.08 Å². The molecule has 0 radical (unpaired) electrons. The number of allylic oxidation sites excluding steroid dienone is 1. The third kappa shape index (κ3) is 3.15. The van der Waals surface area contributed by atoms with Gasteiger partial charge in [-0.15, -0.1) is 0 Å². The maximum absolute atomic E-state index is 13.9. The Labute approximate surface area is 142 Å². The van der Waals surface area contributed by atoms with E-state index in [9.17, 15) is 3.32 Å². The van der Waals surface area contributed by atoms with Gasteiger partial charge in [-0.3, -0.25) is 0 Å². The van der Waals surface area contributed by atoms with Crippen molar-refractivity contribution in [2.75, 3.05) is 7.11 Å².